The molecule has 1 saturated heterocycles. The van der Waals surface area contributed by atoms with Crippen molar-refractivity contribution in [3.8, 4) is 11.3 Å². The van der Waals surface area contributed by atoms with Crippen LogP contribution in [-0.4, -0.2) is 22.0 Å². The third-order valence-electron chi connectivity index (χ3n) is 4.39. The summed E-state index contributed by atoms with van der Waals surface area (Å²) in [6, 6.07) is 15.7. The number of pyridine rings is 1. The van der Waals surface area contributed by atoms with E-state index in [4.69, 9.17) is 16.6 Å². The summed E-state index contributed by atoms with van der Waals surface area (Å²) in [5.74, 6) is 1.21. The number of nitrogens with one attached hydrogen (secondary N) is 1. The molecule has 0 spiro atoms. The van der Waals surface area contributed by atoms with E-state index in [0.29, 0.717) is 10.9 Å². The van der Waals surface area contributed by atoms with E-state index in [9.17, 15) is 4.39 Å². The monoisotopic (exact) mass is 353 g/mol. The number of halogens is 1. The third-order valence-corrected chi connectivity index (χ3v) is 4.79. The van der Waals surface area contributed by atoms with Crippen molar-refractivity contribution in [1.82, 2.24) is 15.2 Å². The molecule has 3 aromatic rings. The maximum absolute atomic E-state index is 13.1. The van der Waals surface area contributed by atoms with Crippen LogP contribution in [-0.2, 0) is 0 Å². The Hall–Kier alpha value is -2.73. The van der Waals surface area contributed by atoms with Gasteiger partial charge in [0.2, 0.25) is 0 Å². The zero-order chi connectivity index (χ0) is 17.4. The molecule has 1 N–H and O–H groups in total. The molecule has 0 saturated carbocycles. The first-order valence-corrected chi connectivity index (χ1v) is 8.34. The lowest BCUT2D eigenvalue weighted by Gasteiger charge is -2.21. The van der Waals surface area contributed by atoms with Crippen LogP contribution in [0, 0.1) is 5.82 Å². The van der Waals surface area contributed by atoms with Crippen molar-refractivity contribution in [3.05, 3.63) is 78.1 Å². The largest absolute Gasteiger partial charge is 0.459 e. The molecule has 3 heterocycles. The quantitative estimate of drug-likeness (QED) is 0.719. The Kier molecular flexibility index (Phi) is 3.97. The smallest absolute Gasteiger partial charge is 0.170 e. The third kappa shape index (κ3) is 2.89. The number of nitrogens with zero attached hydrogens (tertiary/aromatic N) is 2. The van der Waals surface area contributed by atoms with E-state index in [1.165, 1.54) is 12.1 Å². The molecule has 6 heteroatoms. The van der Waals surface area contributed by atoms with Crippen LogP contribution in [0.25, 0.3) is 11.3 Å². The molecule has 126 valence electrons. The van der Waals surface area contributed by atoms with Gasteiger partial charge in [-0.1, -0.05) is 6.07 Å². The Bertz CT molecular complexity index is 895. The molecule has 2 unspecified atom stereocenters. The molecule has 1 aliphatic heterocycles. The number of thiocarbonyl (C=S) groups is 1. The molecule has 2 atom stereocenters. The van der Waals surface area contributed by atoms with Crippen LogP contribution in [0.2, 0.25) is 0 Å². The highest BCUT2D eigenvalue weighted by atomic mass is 32.1. The van der Waals surface area contributed by atoms with Gasteiger partial charge in [-0.2, -0.15) is 0 Å². The van der Waals surface area contributed by atoms with Gasteiger partial charge in [0, 0.05) is 18.8 Å². The Morgan fingerprint density at radius 3 is 2.64 bits per heavy atom. The van der Waals surface area contributed by atoms with Crippen molar-refractivity contribution in [2.24, 2.45) is 0 Å². The first-order chi connectivity index (χ1) is 12.1. The van der Waals surface area contributed by atoms with Crippen molar-refractivity contribution in [2.45, 2.75) is 12.1 Å². The van der Waals surface area contributed by atoms with E-state index in [1.54, 1.807) is 18.3 Å². The molecule has 4 nitrogen and oxygen atoms in total. The van der Waals surface area contributed by atoms with Gasteiger partial charge in [0.05, 0.1) is 11.7 Å². The van der Waals surface area contributed by atoms with E-state index >= 15 is 0 Å². The van der Waals surface area contributed by atoms with Crippen molar-refractivity contribution < 1.29 is 8.81 Å². The molecule has 0 aliphatic carbocycles. The van der Waals surface area contributed by atoms with E-state index in [2.05, 4.69) is 10.3 Å². The first kappa shape index (κ1) is 15.8. The molecule has 25 heavy (non-hydrogen) atoms. The fourth-order valence-corrected chi connectivity index (χ4v) is 3.34. The number of benzene rings is 1. The lowest BCUT2D eigenvalue weighted by atomic mass is 10.0. The summed E-state index contributed by atoms with van der Waals surface area (Å²) in [6.07, 6.45) is 1.77. The van der Waals surface area contributed by atoms with Gasteiger partial charge in [0.15, 0.2) is 5.11 Å². The van der Waals surface area contributed by atoms with Gasteiger partial charge >= 0.3 is 0 Å². The van der Waals surface area contributed by atoms with Gasteiger partial charge in [0.25, 0.3) is 0 Å². The van der Waals surface area contributed by atoms with Crippen LogP contribution < -0.4 is 5.32 Å². The number of hydrogen-bond acceptors (Lipinski definition) is 3. The minimum atomic E-state index is -0.268. The first-order valence-electron chi connectivity index (χ1n) is 7.93. The van der Waals surface area contributed by atoms with Gasteiger partial charge in [-0.3, -0.25) is 4.98 Å². The summed E-state index contributed by atoms with van der Waals surface area (Å²) in [4.78, 5) is 6.42. The normalized spacial score (nSPS) is 19.9. The standard InChI is InChI=1S/C19H16FN3OS/c1-23-18(17(22-19(23)25)14-4-2-3-11-21-14)16-10-9-15(24-16)12-5-7-13(20)8-6-12/h2-11,17-18H,1H3,(H,22,25). The fraction of sp³-hybridized carbons (Fsp3) is 0.158. The Morgan fingerprint density at radius 1 is 1.12 bits per heavy atom. The molecule has 4 rings (SSSR count). The highest BCUT2D eigenvalue weighted by Gasteiger charge is 2.39. The number of aromatic nitrogens is 1. The van der Waals surface area contributed by atoms with E-state index in [1.807, 2.05) is 42.3 Å². The molecular weight excluding hydrogens is 337 g/mol. The summed E-state index contributed by atoms with van der Waals surface area (Å²) in [7, 11) is 1.93. The van der Waals surface area contributed by atoms with Crippen LogP contribution in [0.1, 0.15) is 23.5 Å². The van der Waals surface area contributed by atoms with E-state index < -0.39 is 0 Å². The zero-order valence-electron chi connectivity index (χ0n) is 13.5. The van der Waals surface area contributed by atoms with Crippen LogP contribution in [0.15, 0.2) is 65.2 Å². The molecule has 0 amide bonds. The number of hydrogen-bond donors (Lipinski definition) is 1. The Labute approximate surface area is 150 Å². The van der Waals surface area contributed by atoms with Crippen molar-refractivity contribution in [3.63, 3.8) is 0 Å². The lowest BCUT2D eigenvalue weighted by molar-refractivity contribution is 0.310. The Morgan fingerprint density at radius 2 is 1.92 bits per heavy atom. The Balaban J connectivity index is 1.69. The van der Waals surface area contributed by atoms with Crippen LogP contribution in [0.4, 0.5) is 4.39 Å². The van der Waals surface area contributed by atoms with E-state index in [0.717, 1.165) is 17.0 Å². The van der Waals surface area contributed by atoms with Crippen LogP contribution in [0.3, 0.4) is 0 Å². The lowest BCUT2D eigenvalue weighted by Crippen LogP contribution is -2.24. The second-order valence-corrected chi connectivity index (χ2v) is 6.33. The van der Waals surface area contributed by atoms with Crippen molar-refractivity contribution in [1.29, 1.82) is 0 Å². The predicted octanol–water partition coefficient (Wildman–Crippen LogP) is 4.08. The maximum Gasteiger partial charge on any atom is 0.170 e. The molecule has 0 bridgehead atoms. The summed E-state index contributed by atoms with van der Waals surface area (Å²) < 4.78 is 19.2. The summed E-state index contributed by atoms with van der Waals surface area (Å²) in [6.45, 7) is 0. The molecule has 2 aromatic heterocycles. The highest BCUT2D eigenvalue weighted by molar-refractivity contribution is 7.80. The van der Waals surface area contributed by atoms with Crippen molar-refractivity contribution in [2.75, 3.05) is 7.05 Å². The molecule has 0 radical (unpaired) electrons. The topological polar surface area (TPSA) is 41.3 Å². The summed E-state index contributed by atoms with van der Waals surface area (Å²) in [5.41, 5.74) is 1.73. The van der Waals surface area contributed by atoms with Gasteiger partial charge < -0.3 is 14.6 Å². The minimum absolute atomic E-state index is 0.0917. The highest BCUT2D eigenvalue weighted by Crippen LogP contribution is 2.39. The van der Waals surface area contributed by atoms with Crippen molar-refractivity contribution >= 4 is 17.3 Å². The van der Waals surface area contributed by atoms with E-state index in [-0.39, 0.29) is 17.9 Å². The average Bonchev–Trinajstić information content (AvgIpc) is 3.22. The fourth-order valence-electron chi connectivity index (χ4n) is 3.10. The number of rotatable bonds is 3. The summed E-state index contributed by atoms with van der Waals surface area (Å²) >= 11 is 5.41. The van der Waals surface area contributed by atoms with Crippen LogP contribution in [0.5, 0.6) is 0 Å². The molecule has 1 fully saturated rings. The van der Waals surface area contributed by atoms with Crippen LogP contribution >= 0.6 is 12.2 Å². The van der Waals surface area contributed by atoms with Gasteiger partial charge in [-0.05, 0) is 60.7 Å². The molecular formula is C19H16FN3OS. The second-order valence-electron chi connectivity index (χ2n) is 5.95. The second kappa shape index (κ2) is 6.29. The average molecular weight is 353 g/mol. The SMILES string of the molecule is CN1C(=S)NC(c2ccccn2)C1c1ccc(-c2ccc(F)cc2)o1. The summed E-state index contributed by atoms with van der Waals surface area (Å²) in [5, 5.41) is 3.96. The zero-order valence-corrected chi connectivity index (χ0v) is 14.3. The maximum atomic E-state index is 13.1. The molecule has 1 aromatic carbocycles. The van der Waals surface area contributed by atoms with Gasteiger partial charge in [-0.15, -0.1) is 0 Å². The predicted molar refractivity (Wildman–Crippen MR) is 97.3 cm³/mol. The van der Waals surface area contributed by atoms with Gasteiger partial charge in [0.1, 0.15) is 23.4 Å². The molecule has 1 aliphatic rings. The number of likely N-dealkylation sites (N-methyl/N-ethyl adjacent to an activating group) is 1. The minimum Gasteiger partial charge on any atom is -0.459 e. The number of furan rings is 1. The van der Waals surface area contributed by atoms with Gasteiger partial charge in [-0.25, -0.2) is 4.39 Å².